The molecule has 0 aliphatic heterocycles. The lowest BCUT2D eigenvalue weighted by molar-refractivity contribution is 0.351. The number of hydrogen-bond donors (Lipinski definition) is 1. The van der Waals surface area contributed by atoms with Gasteiger partial charge in [0, 0.05) is 24.5 Å². The molecule has 0 amide bonds. The molecule has 0 aliphatic rings. The number of aromatic nitrogens is 2. The molecule has 3 nitrogen and oxygen atoms in total. The molecule has 1 aromatic heterocycles. The zero-order valence-electron chi connectivity index (χ0n) is 11.8. The molecule has 0 aliphatic carbocycles. The summed E-state index contributed by atoms with van der Waals surface area (Å²) in [5.74, 6) is 0. The lowest BCUT2D eigenvalue weighted by atomic mass is 9.95. The summed E-state index contributed by atoms with van der Waals surface area (Å²) >= 11 is 0. The Kier molecular flexibility index (Phi) is 4.74. The summed E-state index contributed by atoms with van der Waals surface area (Å²) in [5.41, 5.74) is 1.56. The highest BCUT2D eigenvalue weighted by Crippen LogP contribution is 2.13. The largest absolute Gasteiger partial charge is 0.310 e. The Morgan fingerprint density at radius 2 is 1.95 bits per heavy atom. The molecule has 0 unspecified atom stereocenters. The first kappa shape index (κ1) is 13.8. The van der Waals surface area contributed by atoms with E-state index in [0.717, 1.165) is 25.9 Å². The highest BCUT2D eigenvalue weighted by molar-refractivity contribution is 5.15. The SMILES string of the molecule is CC(C)(CCc1ccccc1)NCCn1cccn1. The van der Waals surface area contributed by atoms with Gasteiger partial charge in [0.2, 0.25) is 0 Å². The van der Waals surface area contributed by atoms with E-state index in [9.17, 15) is 0 Å². The molecule has 0 bridgehead atoms. The van der Waals surface area contributed by atoms with Gasteiger partial charge in [-0.15, -0.1) is 0 Å². The fourth-order valence-electron chi connectivity index (χ4n) is 2.13. The van der Waals surface area contributed by atoms with Gasteiger partial charge in [0.1, 0.15) is 0 Å². The van der Waals surface area contributed by atoms with Crippen LogP contribution in [0.5, 0.6) is 0 Å². The van der Waals surface area contributed by atoms with Gasteiger partial charge in [-0.2, -0.15) is 5.10 Å². The van der Waals surface area contributed by atoms with Crippen LogP contribution in [0, 0.1) is 0 Å². The van der Waals surface area contributed by atoms with Crippen LogP contribution in [0.3, 0.4) is 0 Å². The second-order valence-corrected chi connectivity index (χ2v) is 5.57. The highest BCUT2D eigenvalue weighted by Gasteiger charge is 2.16. The Labute approximate surface area is 115 Å². The maximum atomic E-state index is 4.21. The van der Waals surface area contributed by atoms with Crippen LogP contribution in [0.25, 0.3) is 0 Å². The summed E-state index contributed by atoms with van der Waals surface area (Å²) in [6.45, 7) is 6.39. The molecule has 2 aromatic rings. The average molecular weight is 257 g/mol. The van der Waals surface area contributed by atoms with E-state index in [-0.39, 0.29) is 5.54 Å². The van der Waals surface area contributed by atoms with Crippen molar-refractivity contribution in [3.05, 3.63) is 54.4 Å². The van der Waals surface area contributed by atoms with Gasteiger partial charge >= 0.3 is 0 Å². The van der Waals surface area contributed by atoms with E-state index in [2.05, 4.69) is 54.6 Å². The third-order valence-electron chi connectivity index (χ3n) is 3.39. The van der Waals surface area contributed by atoms with Crippen LogP contribution in [0.2, 0.25) is 0 Å². The molecule has 0 saturated heterocycles. The number of aryl methyl sites for hydroxylation is 1. The van der Waals surface area contributed by atoms with Crippen LogP contribution in [0.15, 0.2) is 48.8 Å². The van der Waals surface area contributed by atoms with Crippen molar-refractivity contribution in [3.63, 3.8) is 0 Å². The van der Waals surface area contributed by atoms with E-state index in [1.54, 1.807) is 0 Å². The van der Waals surface area contributed by atoms with Crippen LogP contribution >= 0.6 is 0 Å². The normalized spacial score (nSPS) is 11.7. The van der Waals surface area contributed by atoms with Crippen molar-refractivity contribution in [2.75, 3.05) is 6.54 Å². The molecule has 0 atom stereocenters. The zero-order chi connectivity index (χ0) is 13.6. The van der Waals surface area contributed by atoms with Crippen molar-refractivity contribution in [3.8, 4) is 0 Å². The number of rotatable bonds is 7. The minimum atomic E-state index is 0.156. The zero-order valence-corrected chi connectivity index (χ0v) is 11.8. The van der Waals surface area contributed by atoms with Gasteiger partial charge in [-0.05, 0) is 38.3 Å². The van der Waals surface area contributed by atoms with Gasteiger partial charge in [0.05, 0.1) is 6.54 Å². The summed E-state index contributed by atoms with van der Waals surface area (Å²) < 4.78 is 1.96. The fourth-order valence-corrected chi connectivity index (χ4v) is 2.13. The second kappa shape index (κ2) is 6.53. The molecule has 1 aromatic carbocycles. The van der Waals surface area contributed by atoms with Gasteiger partial charge in [-0.1, -0.05) is 30.3 Å². The molecule has 0 radical (unpaired) electrons. The van der Waals surface area contributed by atoms with Crippen molar-refractivity contribution >= 4 is 0 Å². The first-order valence-electron chi connectivity index (χ1n) is 6.92. The molecular weight excluding hydrogens is 234 g/mol. The summed E-state index contributed by atoms with van der Waals surface area (Å²) in [4.78, 5) is 0. The lowest BCUT2D eigenvalue weighted by Gasteiger charge is -2.26. The Morgan fingerprint density at radius 3 is 2.63 bits per heavy atom. The molecule has 2 rings (SSSR count). The monoisotopic (exact) mass is 257 g/mol. The Hall–Kier alpha value is -1.61. The molecule has 3 heteroatoms. The van der Waals surface area contributed by atoms with Crippen LogP contribution < -0.4 is 5.32 Å². The number of nitrogens with zero attached hydrogens (tertiary/aromatic N) is 2. The van der Waals surface area contributed by atoms with Gasteiger partial charge < -0.3 is 5.32 Å². The first-order valence-corrected chi connectivity index (χ1v) is 6.92. The predicted molar refractivity (Wildman–Crippen MR) is 79.1 cm³/mol. The fraction of sp³-hybridized carbons (Fsp3) is 0.438. The van der Waals surface area contributed by atoms with Crippen molar-refractivity contribution in [1.29, 1.82) is 0 Å². The topological polar surface area (TPSA) is 29.9 Å². The molecule has 0 fully saturated rings. The summed E-state index contributed by atoms with van der Waals surface area (Å²) in [5, 5.41) is 7.81. The number of hydrogen-bond acceptors (Lipinski definition) is 2. The Morgan fingerprint density at radius 1 is 1.16 bits per heavy atom. The molecule has 1 N–H and O–H groups in total. The summed E-state index contributed by atoms with van der Waals surface area (Å²) in [6, 6.07) is 12.6. The maximum absolute atomic E-state index is 4.21. The predicted octanol–water partition coefficient (Wildman–Crippen LogP) is 2.88. The van der Waals surface area contributed by atoms with E-state index in [1.807, 2.05) is 23.1 Å². The first-order chi connectivity index (χ1) is 9.16. The maximum Gasteiger partial charge on any atom is 0.0534 e. The summed E-state index contributed by atoms with van der Waals surface area (Å²) in [6.07, 6.45) is 6.07. The molecular formula is C16H23N3. The Bertz CT molecular complexity index is 460. The van der Waals surface area contributed by atoms with Crippen molar-refractivity contribution in [1.82, 2.24) is 15.1 Å². The van der Waals surface area contributed by atoms with E-state index in [0.29, 0.717) is 0 Å². The molecule has 1 heterocycles. The van der Waals surface area contributed by atoms with Gasteiger partial charge in [-0.3, -0.25) is 4.68 Å². The second-order valence-electron chi connectivity index (χ2n) is 5.57. The molecule has 0 saturated carbocycles. The van der Waals surface area contributed by atoms with Gasteiger partial charge in [0.15, 0.2) is 0 Å². The van der Waals surface area contributed by atoms with E-state index in [1.165, 1.54) is 5.56 Å². The van der Waals surface area contributed by atoms with Gasteiger partial charge in [-0.25, -0.2) is 0 Å². The Balaban J connectivity index is 1.72. The standard InChI is InChI=1S/C16H23N3/c1-16(2,10-9-15-7-4-3-5-8-15)17-12-14-19-13-6-11-18-19/h3-8,11,13,17H,9-10,12,14H2,1-2H3. The van der Waals surface area contributed by atoms with E-state index < -0.39 is 0 Å². The average Bonchev–Trinajstić information content (AvgIpc) is 2.91. The van der Waals surface area contributed by atoms with Gasteiger partial charge in [0.25, 0.3) is 0 Å². The van der Waals surface area contributed by atoms with E-state index in [4.69, 9.17) is 0 Å². The minimum Gasteiger partial charge on any atom is -0.310 e. The highest BCUT2D eigenvalue weighted by atomic mass is 15.3. The van der Waals surface area contributed by atoms with Crippen molar-refractivity contribution < 1.29 is 0 Å². The van der Waals surface area contributed by atoms with Crippen molar-refractivity contribution in [2.45, 2.75) is 38.8 Å². The van der Waals surface area contributed by atoms with Crippen LogP contribution in [-0.2, 0) is 13.0 Å². The van der Waals surface area contributed by atoms with Crippen LogP contribution in [-0.4, -0.2) is 21.9 Å². The minimum absolute atomic E-state index is 0.156. The van der Waals surface area contributed by atoms with Crippen LogP contribution in [0.4, 0.5) is 0 Å². The molecule has 0 spiro atoms. The number of nitrogens with one attached hydrogen (secondary N) is 1. The smallest absolute Gasteiger partial charge is 0.0534 e. The summed E-state index contributed by atoms with van der Waals surface area (Å²) in [7, 11) is 0. The quantitative estimate of drug-likeness (QED) is 0.826. The molecule has 19 heavy (non-hydrogen) atoms. The lowest BCUT2D eigenvalue weighted by Crippen LogP contribution is -2.41. The van der Waals surface area contributed by atoms with Crippen LogP contribution in [0.1, 0.15) is 25.8 Å². The molecule has 102 valence electrons. The van der Waals surface area contributed by atoms with E-state index >= 15 is 0 Å². The third kappa shape index (κ3) is 4.87. The number of benzene rings is 1. The van der Waals surface area contributed by atoms with Crippen molar-refractivity contribution in [2.24, 2.45) is 0 Å². The third-order valence-corrected chi connectivity index (χ3v) is 3.39.